The highest BCUT2D eigenvalue weighted by Crippen LogP contribution is 2.20. The van der Waals surface area contributed by atoms with E-state index in [0.29, 0.717) is 6.54 Å². The van der Waals surface area contributed by atoms with Crippen molar-refractivity contribution in [3.63, 3.8) is 0 Å². The van der Waals surface area contributed by atoms with Gasteiger partial charge >= 0.3 is 0 Å². The Kier molecular flexibility index (Phi) is 7.06. The van der Waals surface area contributed by atoms with Gasteiger partial charge in [-0.2, -0.15) is 0 Å². The zero-order valence-corrected chi connectivity index (χ0v) is 16.2. The van der Waals surface area contributed by atoms with Gasteiger partial charge in [0.15, 0.2) is 0 Å². The number of rotatable bonds is 6. The van der Waals surface area contributed by atoms with Crippen LogP contribution in [0.4, 0.5) is 0 Å². The van der Waals surface area contributed by atoms with Gasteiger partial charge in [0, 0.05) is 26.2 Å². The molecule has 5 heteroatoms. The van der Waals surface area contributed by atoms with Gasteiger partial charge in [-0.15, -0.1) is 0 Å². The average Bonchev–Trinajstić information content (AvgIpc) is 2.68. The molecule has 1 aromatic carbocycles. The lowest BCUT2D eigenvalue weighted by Crippen LogP contribution is -2.49. The minimum atomic E-state index is -0.0511. The molecule has 144 valence electrons. The van der Waals surface area contributed by atoms with Gasteiger partial charge < -0.3 is 10.1 Å². The maximum Gasteiger partial charge on any atom is 0.237 e. The Morgan fingerprint density at radius 1 is 1.15 bits per heavy atom. The van der Waals surface area contributed by atoms with Crippen LogP contribution in [-0.2, 0) is 16.1 Å². The third-order valence-electron chi connectivity index (χ3n) is 5.78. The van der Waals surface area contributed by atoms with E-state index in [-0.39, 0.29) is 11.9 Å². The number of piperidine rings is 1. The van der Waals surface area contributed by atoms with Crippen molar-refractivity contribution in [3.8, 4) is 0 Å². The molecule has 2 heterocycles. The summed E-state index contributed by atoms with van der Waals surface area (Å²) >= 11 is 0. The molecule has 5 nitrogen and oxygen atoms in total. The maximum absolute atomic E-state index is 12.5. The molecule has 3 rings (SSSR count). The van der Waals surface area contributed by atoms with E-state index >= 15 is 0 Å². The SMILES string of the molecule is Cc1ccc(CNC(=O)C(C)N2CCC(CN3CCOCC3)CC2)cc1. The van der Waals surface area contributed by atoms with E-state index < -0.39 is 0 Å². The number of carbonyl (C=O) groups is 1. The molecule has 1 N–H and O–H groups in total. The highest BCUT2D eigenvalue weighted by molar-refractivity contribution is 5.81. The lowest BCUT2D eigenvalue weighted by Gasteiger charge is -2.38. The van der Waals surface area contributed by atoms with E-state index in [9.17, 15) is 4.79 Å². The predicted octanol–water partition coefficient (Wildman–Crippen LogP) is 2.04. The molecule has 2 saturated heterocycles. The number of ether oxygens (including phenoxy) is 1. The number of aryl methyl sites for hydroxylation is 1. The van der Waals surface area contributed by atoms with Crippen LogP contribution in [0.5, 0.6) is 0 Å². The smallest absolute Gasteiger partial charge is 0.237 e. The molecule has 2 aliphatic heterocycles. The fraction of sp³-hybridized carbons (Fsp3) is 0.667. The van der Waals surface area contributed by atoms with Gasteiger partial charge in [0.1, 0.15) is 0 Å². The van der Waals surface area contributed by atoms with Crippen LogP contribution in [0.15, 0.2) is 24.3 Å². The molecule has 2 fully saturated rings. The third-order valence-corrected chi connectivity index (χ3v) is 5.78. The quantitative estimate of drug-likeness (QED) is 0.844. The average molecular weight is 360 g/mol. The second-order valence-electron chi connectivity index (χ2n) is 7.77. The van der Waals surface area contributed by atoms with E-state index in [0.717, 1.165) is 50.9 Å². The molecule has 0 radical (unpaired) electrons. The highest BCUT2D eigenvalue weighted by atomic mass is 16.5. The van der Waals surface area contributed by atoms with E-state index in [1.165, 1.54) is 24.9 Å². The van der Waals surface area contributed by atoms with Crippen molar-refractivity contribution < 1.29 is 9.53 Å². The summed E-state index contributed by atoms with van der Waals surface area (Å²) in [6.07, 6.45) is 2.37. The molecule has 1 unspecified atom stereocenters. The molecule has 0 spiro atoms. The maximum atomic E-state index is 12.5. The Hall–Kier alpha value is -1.43. The fourth-order valence-corrected chi connectivity index (χ4v) is 3.88. The second kappa shape index (κ2) is 9.49. The largest absolute Gasteiger partial charge is 0.379 e. The molecule has 1 atom stereocenters. The fourth-order valence-electron chi connectivity index (χ4n) is 3.88. The van der Waals surface area contributed by atoms with Gasteiger partial charge in [-0.3, -0.25) is 14.6 Å². The van der Waals surface area contributed by atoms with Crippen LogP contribution in [-0.4, -0.2) is 67.7 Å². The predicted molar refractivity (Wildman–Crippen MR) is 104 cm³/mol. The number of carbonyl (C=O) groups excluding carboxylic acids is 1. The van der Waals surface area contributed by atoms with Crippen molar-refractivity contribution in [1.29, 1.82) is 0 Å². The minimum absolute atomic E-state index is 0.0511. The summed E-state index contributed by atoms with van der Waals surface area (Å²) in [6.45, 7) is 11.8. The zero-order valence-electron chi connectivity index (χ0n) is 16.2. The second-order valence-corrected chi connectivity index (χ2v) is 7.77. The molecular weight excluding hydrogens is 326 g/mol. The summed E-state index contributed by atoms with van der Waals surface area (Å²) in [5.74, 6) is 0.893. The molecule has 1 amide bonds. The monoisotopic (exact) mass is 359 g/mol. The summed E-state index contributed by atoms with van der Waals surface area (Å²) < 4.78 is 5.43. The van der Waals surface area contributed by atoms with Crippen molar-refractivity contribution in [2.45, 2.75) is 39.3 Å². The Balaban J connectivity index is 1.38. The summed E-state index contributed by atoms with van der Waals surface area (Å²) in [6, 6.07) is 8.29. The van der Waals surface area contributed by atoms with Gasteiger partial charge in [-0.1, -0.05) is 29.8 Å². The summed E-state index contributed by atoms with van der Waals surface area (Å²) in [7, 11) is 0. The number of amides is 1. The normalized spacial score (nSPS) is 21.5. The first-order valence-corrected chi connectivity index (χ1v) is 9.99. The van der Waals surface area contributed by atoms with Crippen LogP contribution in [0, 0.1) is 12.8 Å². The Morgan fingerprint density at radius 2 is 1.81 bits per heavy atom. The standard InChI is InChI=1S/C21H33N3O2/c1-17-3-5-19(6-4-17)15-22-21(25)18(2)24-9-7-20(8-10-24)16-23-11-13-26-14-12-23/h3-6,18,20H,7-16H2,1-2H3,(H,22,25). The van der Waals surface area contributed by atoms with Gasteiger partial charge in [0.25, 0.3) is 0 Å². The Morgan fingerprint density at radius 3 is 2.46 bits per heavy atom. The number of benzene rings is 1. The summed E-state index contributed by atoms with van der Waals surface area (Å²) in [5, 5.41) is 3.09. The van der Waals surface area contributed by atoms with Crippen molar-refractivity contribution in [1.82, 2.24) is 15.1 Å². The van der Waals surface area contributed by atoms with Crippen LogP contribution in [0.3, 0.4) is 0 Å². The Labute approximate surface area is 157 Å². The summed E-state index contributed by atoms with van der Waals surface area (Å²) in [4.78, 5) is 17.4. The molecule has 26 heavy (non-hydrogen) atoms. The molecule has 0 bridgehead atoms. The molecular formula is C21H33N3O2. The van der Waals surface area contributed by atoms with Crippen molar-refractivity contribution in [2.24, 2.45) is 5.92 Å². The van der Waals surface area contributed by atoms with E-state index in [1.54, 1.807) is 0 Å². The van der Waals surface area contributed by atoms with Crippen molar-refractivity contribution >= 4 is 5.91 Å². The zero-order chi connectivity index (χ0) is 18.4. The number of morpholine rings is 1. The lowest BCUT2D eigenvalue weighted by molar-refractivity contribution is -0.126. The number of hydrogen-bond acceptors (Lipinski definition) is 4. The Bertz CT molecular complexity index is 561. The highest BCUT2D eigenvalue weighted by Gasteiger charge is 2.27. The molecule has 0 aliphatic carbocycles. The number of hydrogen-bond donors (Lipinski definition) is 1. The van der Waals surface area contributed by atoms with E-state index in [2.05, 4.69) is 46.3 Å². The third kappa shape index (κ3) is 5.53. The van der Waals surface area contributed by atoms with Gasteiger partial charge in [-0.05, 0) is 51.3 Å². The van der Waals surface area contributed by atoms with Crippen LogP contribution < -0.4 is 5.32 Å². The molecule has 2 aliphatic rings. The lowest BCUT2D eigenvalue weighted by atomic mass is 9.95. The molecule has 1 aromatic rings. The first-order chi connectivity index (χ1) is 12.6. The topological polar surface area (TPSA) is 44.8 Å². The van der Waals surface area contributed by atoms with Gasteiger partial charge in [0.2, 0.25) is 5.91 Å². The minimum Gasteiger partial charge on any atom is -0.379 e. The van der Waals surface area contributed by atoms with Crippen LogP contribution in [0.2, 0.25) is 0 Å². The van der Waals surface area contributed by atoms with Crippen LogP contribution in [0.25, 0.3) is 0 Å². The van der Waals surface area contributed by atoms with Gasteiger partial charge in [-0.25, -0.2) is 0 Å². The van der Waals surface area contributed by atoms with Crippen LogP contribution >= 0.6 is 0 Å². The van der Waals surface area contributed by atoms with E-state index in [1.807, 2.05) is 6.92 Å². The number of nitrogens with zero attached hydrogens (tertiary/aromatic N) is 2. The van der Waals surface area contributed by atoms with E-state index in [4.69, 9.17) is 4.74 Å². The first kappa shape index (κ1) is 19.3. The first-order valence-electron chi connectivity index (χ1n) is 9.99. The molecule has 0 saturated carbocycles. The number of likely N-dealkylation sites (tertiary alicyclic amines) is 1. The van der Waals surface area contributed by atoms with Crippen LogP contribution in [0.1, 0.15) is 30.9 Å². The van der Waals surface area contributed by atoms with Crippen molar-refractivity contribution in [2.75, 3.05) is 45.9 Å². The number of nitrogens with one attached hydrogen (secondary N) is 1. The van der Waals surface area contributed by atoms with Gasteiger partial charge in [0.05, 0.1) is 19.3 Å². The van der Waals surface area contributed by atoms with Crippen molar-refractivity contribution in [3.05, 3.63) is 35.4 Å². The summed E-state index contributed by atoms with van der Waals surface area (Å²) in [5.41, 5.74) is 2.40. The molecule has 0 aromatic heterocycles.